The molecule has 2 nitrogen and oxygen atoms in total. The number of rotatable bonds is 6. The molecule has 2 aromatic carbocycles. The molecule has 0 fully saturated rings. The van der Waals surface area contributed by atoms with Crippen molar-refractivity contribution >= 4 is 18.5 Å². The lowest BCUT2D eigenvalue weighted by Crippen LogP contribution is -2.36. The summed E-state index contributed by atoms with van der Waals surface area (Å²) in [5.74, 6) is 0. The highest BCUT2D eigenvalue weighted by Crippen LogP contribution is 2.56. The summed E-state index contributed by atoms with van der Waals surface area (Å²) in [6.45, 7) is 4.65. The summed E-state index contributed by atoms with van der Waals surface area (Å²) in [6, 6.07) is 32.3. The normalized spacial score (nSPS) is 12.8. The van der Waals surface area contributed by atoms with Crippen LogP contribution in [0, 0.1) is 0 Å². The number of nitrogens with zero attached hydrogens (tertiary/aromatic N) is 2. The van der Waals surface area contributed by atoms with Crippen LogP contribution in [0.3, 0.4) is 0 Å². The van der Waals surface area contributed by atoms with Crippen molar-refractivity contribution in [2.75, 3.05) is 0 Å². The lowest BCUT2D eigenvalue weighted by Gasteiger charge is -2.41. The molecule has 0 aliphatic heterocycles. The summed E-state index contributed by atoms with van der Waals surface area (Å²) in [5, 5.41) is 2.75. The first-order valence-corrected chi connectivity index (χ1v) is 11.0. The molecule has 4 rings (SSSR count). The predicted molar refractivity (Wildman–Crippen MR) is 120 cm³/mol. The largest absolute Gasteiger partial charge is 0.348 e. The molecule has 0 amide bonds. The second kappa shape index (κ2) is 8.12. The number of benzene rings is 2. The van der Waals surface area contributed by atoms with Gasteiger partial charge in [-0.3, -0.25) is 4.98 Å². The van der Waals surface area contributed by atoms with Gasteiger partial charge in [0.1, 0.15) is 0 Å². The van der Waals surface area contributed by atoms with E-state index in [1.807, 2.05) is 12.3 Å². The van der Waals surface area contributed by atoms with Gasteiger partial charge < -0.3 is 4.57 Å². The lowest BCUT2D eigenvalue weighted by molar-refractivity contribution is 0.340. The molecule has 0 aliphatic rings. The molecule has 1 atom stereocenters. The van der Waals surface area contributed by atoms with Gasteiger partial charge in [-0.25, -0.2) is 0 Å². The van der Waals surface area contributed by atoms with Crippen LogP contribution in [0.4, 0.5) is 0 Å². The predicted octanol–water partition coefficient (Wildman–Crippen LogP) is 5.49. The summed E-state index contributed by atoms with van der Waals surface area (Å²) in [7, 11) is -0.667. The average Bonchev–Trinajstić information content (AvgIpc) is 3.30. The topological polar surface area (TPSA) is 17.8 Å². The maximum Gasteiger partial charge on any atom is 0.0525 e. The summed E-state index contributed by atoms with van der Waals surface area (Å²) >= 11 is 0. The molecule has 1 unspecified atom stereocenters. The highest BCUT2D eigenvalue weighted by Gasteiger charge is 2.40. The standard InChI is InChI=1S/C25H25N2P/c1-25(2,27-19-11-12-20-27)24(23-17-9-10-18-26-23)28(21-13-5-3-6-14-21)22-15-7-4-8-16-22/h3-20,24H,1-2H3. The van der Waals surface area contributed by atoms with E-state index in [-0.39, 0.29) is 11.2 Å². The minimum Gasteiger partial charge on any atom is -0.348 e. The Morgan fingerprint density at radius 3 is 1.75 bits per heavy atom. The van der Waals surface area contributed by atoms with Gasteiger partial charge in [0.15, 0.2) is 0 Å². The first-order valence-electron chi connectivity index (χ1n) is 9.61. The highest BCUT2D eigenvalue weighted by molar-refractivity contribution is 7.73. The third-order valence-corrected chi connectivity index (χ3v) is 8.36. The van der Waals surface area contributed by atoms with Crippen LogP contribution in [-0.2, 0) is 5.54 Å². The van der Waals surface area contributed by atoms with E-state index in [0.29, 0.717) is 0 Å². The molecule has 0 aliphatic carbocycles. The molecule has 0 saturated heterocycles. The minimum atomic E-state index is -0.667. The Morgan fingerprint density at radius 2 is 1.25 bits per heavy atom. The Bertz CT molecular complexity index is 941. The molecule has 0 saturated carbocycles. The van der Waals surface area contributed by atoms with Crippen molar-refractivity contribution in [3.63, 3.8) is 0 Å². The summed E-state index contributed by atoms with van der Waals surface area (Å²) in [6.07, 6.45) is 6.25. The van der Waals surface area contributed by atoms with Crippen LogP contribution in [0.15, 0.2) is 110 Å². The van der Waals surface area contributed by atoms with Gasteiger partial charge in [0, 0.05) is 18.6 Å². The van der Waals surface area contributed by atoms with Crippen molar-refractivity contribution in [2.45, 2.75) is 25.0 Å². The molecule has 0 N–H and O–H groups in total. The highest BCUT2D eigenvalue weighted by atomic mass is 31.1. The van der Waals surface area contributed by atoms with Crippen molar-refractivity contribution < 1.29 is 0 Å². The molecule has 0 bridgehead atoms. The SMILES string of the molecule is CC(C)(C(c1ccccn1)P(c1ccccc1)c1ccccc1)n1cccc1. The van der Waals surface area contributed by atoms with E-state index in [0.717, 1.165) is 5.69 Å². The molecule has 4 aromatic rings. The van der Waals surface area contributed by atoms with E-state index in [2.05, 4.69) is 116 Å². The fraction of sp³-hybridized carbons (Fsp3) is 0.160. The van der Waals surface area contributed by atoms with Gasteiger partial charge in [0.2, 0.25) is 0 Å². The van der Waals surface area contributed by atoms with Crippen molar-refractivity contribution in [1.29, 1.82) is 0 Å². The van der Waals surface area contributed by atoms with Crippen molar-refractivity contribution in [3.8, 4) is 0 Å². The molecule has 0 spiro atoms. The number of hydrogen-bond acceptors (Lipinski definition) is 1. The fourth-order valence-electron chi connectivity index (χ4n) is 3.83. The van der Waals surface area contributed by atoms with E-state index < -0.39 is 7.92 Å². The lowest BCUT2D eigenvalue weighted by atomic mass is 9.97. The summed E-state index contributed by atoms with van der Waals surface area (Å²) in [5.41, 5.74) is 1.22. The first kappa shape index (κ1) is 18.7. The summed E-state index contributed by atoms with van der Waals surface area (Å²) < 4.78 is 2.33. The average molecular weight is 384 g/mol. The number of hydrogen-bond donors (Lipinski definition) is 0. The van der Waals surface area contributed by atoms with E-state index in [9.17, 15) is 0 Å². The van der Waals surface area contributed by atoms with E-state index >= 15 is 0 Å². The second-order valence-corrected chi connectivity index (χ2v) is 9.73. The van der Waals surface area contributed by atoms with Crippen LogP contribution >= 0.6 is 7.92 Å². The van der Waals surface area contributed by atoms with Gasteiger partial charge in [-0.2, -0.15) is 0 Å². The van der Waals surface area contributed by atoms with Gasteiger partial charge in [0.25, 0.3) is 0 Å². The zero-order chi connectivity index (χ0) is 19.4. The molecular formula is C25H25N2P. The van der Waals surface area contributed by atoms with Crippen molar-refractivity contribution in [2.24, 2.45) is 0 Å². The van der Waals surface area contributed by atoms with Crippen LogP contribution in [0.2, 0.25) is 0 Å². The Morgan fingerprint density at radius 1 is 0.714 bits per heavy atom. The molecule has 28 heavy (non-hydrogen) atoms. The second-order valence-electron chi connectivity index (χ2n) is 7.44. The maximum atomic E-state index is 4.83. The molecule has 3 heteroatoms. The third kappa shape index (κ3) is 3.66. The quantitative estimate of drug-likeness (QED) is 0.402. The van der Waals surface area contributed by atoms with Crippen molar-refractivity contribution in [1.82, 2.24) is 9.55 Å². The van der Waals surface area contributed by atoms with Crippen LogP contribution in [0.1, 0.15) is 25.2 Å². The minimum absolute atomic E-state index is 0.144. The van der Waals surface area contributed by atoms with Crippen molar-refractivity contribution in [3.05, 3.63) is 115 Å². The fourth-order valence-corrected chi connectivity index (χ4v) is 6.90. The monoisotopic (exact) mass is 384 g/mol. The Hall–Kier alpha value is -2.70. The Kier molecular flexibility index (Phi) is 5.41. The van der Waals surface area contributed by atoms with Crippen LogP contribution in [0.5, 0.6) is 0 Å². The summed E-state index contributed by atoms with van der Waals surface area (Å²) in [4.78, 5) is 4.83. The number of aromatic nitrogens is 2. The smallest absolute Gasteiger partial charge is 0.0525 e. The molecule has 2 heterocycles. The Labute approximate surface area is 168 Å². The zero-order valence-electron chi connectivity index (χ0n) is 16.3. The maximum absolute atomic E-state index is 4.83. The third-order valence-electron chi connectivity index (χ3n) is 5.23. The zero-order valence-corrected chi connectivity index (χ0v) is 17.2. The number of pyridine rings is 1. The van der Waals surface area contributed by atoms with Gasteiger partial charge in [-0.05, 0) is 56.6 Å². The Balaban J connectivity index is 1.94. The molecule has 140 valence electrons. The van der Waals surface area contributed by atoms with Crippen LogP contribution in [-0.4, -0.2) is 9.55 Å². The van der Waals surface area contributed by atoms with E-state index in [1.54, 1.807) is 0 Å². The molecular weight excluding hydrogens is 359 g/mol. The van der Waals surface area contributed by atoms with Gasteiger partial charge >= 0.3 is 0 Å². The first-order chi connectivity index (χ1) is 13.7. The van der Waals surface area contributed by atoms with E-state index in [4.69, 9.17) is 4.98 Å². The van der Waals surface area contributed by atoms with E-state index in [1.165, 1.54) is 10.6 Å². The molecule has 2 aromatic heterocycles. The van der Waals surface area contributed by atoms with Gasteiger partial charge in [-0.1, -0.05) is 66.7 Å². The molecule has 0 radical (unpaired) electrons. The van der Waals surface area contributed by atoms with Crippen LogP contribution in [0.25, 0.3) is 0 Å². The van der Waals surface area contributed by atoms with Crippen LogP contribution < -0.4 is 10.6 Å². The van der Waals surface area contributed by atoms with Gasteiger partial charge in [-0.15, -0.1) is 0 Å². The van der Waals surface area contributed by atoms with Gasteiger partial charge in [0.05, 0.1) is 16.9 Å².